The molecule has 3 rings (SSSR count). The fourth-order valence-electron chi connectivity index (χ4n) is 2.76. The van der Waals surface area contributed by atoms with Crippen LogP contribution in [-0.4, -0.2) is 58.9 Å². The van der Waals surface area contributed by atoms with Crippen LogP contribution in [0.1, 0.15) is 34.9 Å². The summed E-state index contributed by atoms with van der Waals surface area (Å²) in [4.78, 5) is 11.4. The molecule has 0 aliphatic carbocycles. The lowest BCUT2D eigenvalue weighted by molar-refractivity contribution is 0.0594. The van der Waals surface area contributed by atoms with Crippen molar-refractivity contribution < 1.29 is 17.9 Å². The van der Waals surface area contributed by atoms with Crippen LogP contribution in [0.4, 0.5) is 0 Å². The van der Waals surface area contributed by atoms with E-state index in [-0.39, 0.29) is 16.8 Å². The van der Waals surface area contributed by atoms with Crippen molar-refractivity contribution in [2.24, 2.45) is 0 Å². The smallest absolute Gasteiger partial charge is 0.358 e. The van der Waals surface area contributed by atoms with Gasteiger partial charge >= 0.3 is 5.97 Å². The second-order valence-electron chi connectivity index (χ2n) is 5.74. The number of hydrogen-bond acceptors (Lipinski definition) is 6. The van der Waals surface area contributed by atoms with Gasteiger partial charge in [0.25, 0.3) is 10.0 Å². The highest BCUT2D eigenvalue weighted by Gasteiger charge is 2.32. The van der Waals surface area contributed by atoms with Crippen LogP contribution in [-0.2, 0) is 14.8 Å². The Morgan fingerprint density at radius 3 is 2.67 bits per heavy atom. The van der Waals surface area contributed by atoms with Crippen molar-refractivity contribution in [3.05, 3.63) is 29.7 Å². The number of nitrogens with zero attached hydrogens (tertiary/aromatic N) is 4. The molecule has 9 nitrogen and oxygen atoms in total. The van der Waals surface area contributed by atoms with Crippen molar-refractivity contribution in [3.63, 3.8) is 0 Å². The van der Waals surface area contributed by atoms with Crippen molar-refractivity contribution in [2.75, 3.05) is 20.2 Å². The predicted molar refractivity (Wildman–Crippen MR) is 83.9 cm³/mol. The monoisotopic (exact) mass is 353 g/mol. The molecule has 0 aromatic carbocycles. The summed E-state index contributed by atoms with van der Waals surface area (Å²) in [6.45, 7) is 2.75. The van der Waals surface area contributed by atoms with Crippen LogP contribution in [0, 0.1) is 6.92 Å². The van der Waals surface area contributed by atoms with Gasteiger partial charge in [0.05, 0.1) is 19.3 Å². The zero-order chi connectivity index (χ0) is 17.3. The van der Waals surface area contributed by atoms with E-state index in [0.29, 0.717) is 25.9 Å². The molecule has 2 aromatic rings. The van der Waals surface area contributed by atoms with E-state index in [0.717, 1.165) is 5.56 Å². The van der Waals surface area contributed by atoms with Crippen LogP contribution in [0.15, 0.2) is 23.5 Å². The first kappa shape index (κ1) is 16.7. The van der Waals surface area contributed by atoms with Gasteiger partial charge < -0.3 is 4.74 Å². The zero-order valence-electron chi connectivity index (χ0n) is 13.5. The number of hydrogen-bond donors (Lipinski definition) is 1. The van der Waals surface area contributed by atoms with Gasteiger partial charge in [-0.2, -0.15) is 14.5 Å². The molecule has 0 bridgehead atoms. The lowest BCUT2D eigenvalue weighted by atomic mass is 10.1. The number of aryl methyl sites for hydroxylation is 1. The fourth-order valence-corrected chi connectivity index (χ4v) is 4.16. The molecular weight excluding hydrogens is 334 g/mol. The third-order valence-electron chi connectivity index (χ3n) is 4.09. The summed E-state index contributed by atoms with van der Waals surface area (Å²) < 4.78 is 33.1. The van der Waals surface area contributed by atoms with Gasteiger partial charge in [-0.15, -0.1) is 0 Å². The molecule has 2 aromatic heterocycles. The maximum atomic E-state index is 12.6. The van der Waals surface area contributed by atoms with Gasteiger partial charge in [0, 0.05) is 25.4 Å². The Morgan fingerprint density at radius 1 is 1.38 bits per heavy atom. The maximum Gasteiger partial charge on any atom is 0.358 e. The van der Waals surface area contributed by atoms with Gasteiger partial charge in [-0.05, 0) is 25.3 Å². The summed E-state index contributed by atoms with van der Waals surface area (Å²) in [6, 6.07) is 1.39. The van der Waals surface area contributed by atoms with Crippen molar-refractivity contribution in [1.29, 1.82) is 0 Å². The lowest BCUT2D eigenvalue weighted by Gasteiger charge is -2.30. The molecule has 1 aliphatic heterocycles. The van der Waals surface area contributed by atoms with Gasteiger partial charge in [-0.25, -0.2) is 13.2 Å². The molecule has 24 heavy (non-hydrogen) atoms. The minimum absolute atomic E-state index is 0.0574. The lowest BCUT2D eigenvalue weighted by Crippen LogP contribution is -2.39. The number of carbonyl (C=O) groups excluding carboxylic acids is 1. The molecule has 1 saturated heterocycles. The van der Waals surface area contributed by atoms with Gasteiger partial charge in [-0.3, -0.25) is 9.78 Å². The summed E-state index contributed by atoms with van der Waals surface area (Å²) in [7, 11) is -2.49. The second-order valence-corrected chi connectivity index (χ2v) is 7.65. The second kappa shape index (κ2) is 6.36. The quantitative estimate of drug-likeness (QED) is 0.811. The van der Waals surface area contributed by atoms with Crippen molar-refractivity contribution in [3.8, 4) is 0 Å². The SMILES string of the molecule is COC(=O)c1cc(S(=O)(=O)N2CCC(n3cc(C)cn3)CC2)[nH]n1. The van der Waals surface area contributed by atoms with E-state index in [4.69, 9.17) is 0 Å². The summed E-state index contributed by atoms with van der Waals surface area (Å²) in [5.41, 5.74) is 1.02. The first-order valence-electron chi connectivity index (χ1n) is 7.56. The number of aromatic amines is 1. The highest BCUT2D eigenvalue weighted by Crippen LogP contribution is 2.26. The van der Waals surface area contributed by atoms with Crippen LogP contribution in [0.25, 0.3) is 0 Å². The molecule has 0 saturated carbocycles. The summed E-state index contributed by atoms with van der Waals surface area (Å²) in [6.07, 6.45) is 5.12. The third kappa shape index (κ3) is 3.06. The minimum atomic E-state index is -3.71. The van der Waals surface area contributed by atoms with Crippen LogP contribution >= 0.6 is 0 Å². The summed E-state index contributed by atoms with van der Waals surface area (Å²) >= 11 is 0. The Kier molecular flexibility index (Phi) is 4.41. The van der Waals surface area contributed by atoms with Crippen molar-refractivity contribution in [2.45, 2.75) is 30.8 Å². The number of nitrogens with one attached hydrogen (secondary N) is 1. The molecule has 3 heterocycles. The Hall–Kier alpha value is -2.20. The number of H-pyrrole nitrogens is 1. The van der Waals surface area contributed by atoms with E-state index in [1.807, 2.05) is 17.8 Å². The van der Waals surface area contributed by atoms with Crippen LogP contribution in [0.2, 0.25) is 0 Å². The van der Waals surface area contributed by atoms with Crippen LogP contribution < -0.4 is 0 Å². The summed E-state index contributed by atoms with van der Waals surface area (Å²) in [5.74, 6) is -0.680. The van der Waals surface area contributed by atoms with E-state index in [1.54, 1.807) is 6.20 Å². The highest BCUT2D eigenvalue weighted by molar-refractivity contribution is 7.89. The van der Waals surface area contributed by atoms with Crippen LogP contribution in [0.5, 0.6) is 0 Å². The Morgan fingerprint density at radius 2 is 2.08 bits per heavy atom. The van der Waals surface area contributed by atoms with E-state index in [9.17, 15) is 13.2 Å². The number of piperidine rings is 1. The van der Waals surface area contributed by atoms with Gasteiger partial charge in [0.1, 0.15) is 0 Å². The Bertz CT molecular complexity index is 833. The van der Waals surface area contributed by atoms with Gasteiger partial charge in [0.2, 0.25) is 0 Å². The average Bonchev–Trinajstić information content (AvgIpc) is 3.24. The molecule has 1 fully saturated rings. The first-order chi connectivity index (χ1) is 11.4. The number of methoxy groups -OCH3 is 1. The number of esters is 1. The molecule has 0 unspecified atom stereocenters. The van der Waals surface area contributed by atoms with Gasteiger partial charge in [-0.1, -0.05) is 0 Å². The molecule has 0 spiro atoms. The largest absolute Gasteiger partial charge is 0.464 e. The maximum absolute atomic E-state index is 12.6. The number of ether oxygens (including phenoxy) is 1. The molecule has 0 amide bonds. The van der Waals surface area contributed by atoms with Crippen molar-refractivity contribution >= 4 is 16.0 Å². The normalized spacial score (nSPS) is 17.1. The molecule has 130 valence electrons. The molecule has 0 atom stereocenters. The number of carbonyl (C=O) groups is 1. The van der Waals surface area contributed by atoms with E-state index in [2.05, 4.69) is 20.0 Å². The number of aromatic nitrogens is 4. The Labute approximate surface area is 139 Å². The number of rotatable bonds is 4. The van der Waals surface area contributed by atoms with Crippen molar-refractivity contribution in [1.82, 2.24) is 24.3 Å². The summed E-state index contributed by atoms with van der Waals surface area (Å²) in [5, 5.41) is 10.3. The molecule has 1 aliphatic rings. The fraction of sp³-hybridized carbons (Fsp3) is 0.500. The average molecular weight is 353 g/mol. The standard InChI is InChI=1S/C14H19N5O4S/c1-10-8-15-19(9-10)11-3-5-18(6-4-11)24(21,22)13-7-12(16-17-13)14(20)23-2/h7-9,11H,3-6H2,1-2H3,(H,16,17). The topological polar surface area (TPSA) is 110 Å². The van der Waals surface area contributed by atoms with E-state index in [1.165, 1.54) is 17.5 Å². The van der Waals surface area contributed by atoms with E-state index < -0.39 is 16.0 Å². The highest BCUT2D eigenvalue weighted by atomic mass is 32.2. The molecule has 1 N–H and O–H groups in total. The number of sulfonamides is 1. The molecule has 0 radical (unpaired) electrons. The minimum Gasteiger partial charge on any atom is -0.464 e. The predicted octanol–water partition coefficient (Wildman–Crippen LogP) is 0.727. The van der Waals surface area contributed by atoms with Gasteiger partial charge in [0.15, 0.2) is 10.7 Å². The first-order valence-corrected chi connectivity index (χ1v) is 9.00. The third-order valence-corrected chi connectivity index (χ3v) is 5.90. The zero-order valence-corrected chi connectivity index (χ0v) is 14.3. The molecular formula is C14H19N5O4S. The molecule has 10 heteroatoms. The van der Waals surface area contributed by atoms with Crippen LogP contribution in [0.3, 0.4) is 0 Å². The Balaban J connectivity index is 1.70. The van der Waals surface area contributed by atoms with E-state index >= 15 is 0 Å².